The van der Waals surface area contributed by atoms with Gasteiger partial charge in [0.15, 0.2) is 0 Å². The molecule has 0 bridgehead atoms. The summed E-state index contributed by atoms with van der Waals surface area (Å²) >= 11 is 0. The van der Waals surface area contributed by atoms with Crippen LogP contribution in [-0.4, -0.2) is 20.7 Å². The zero-order valence-electron chi connectivity index (χ0n) is 15.0. The van der Waals surface area contributed by atoms with Crippen molar-refractivity contribution in [3.8, 4) is 22.8 Å². The molecule has 0 atom stereocenters. The van der Waals surface area contributed by atoms with Crippen LogP contribution in [0.5, 0.6) is 11.5 Å². The third-order valence-corrected chi connectivity index (χ3v) is 4.47. The largest absolute Gasteiger partial charge is 0.457 e. The number of hydrogen-bond donors (Lipinski definition) is 1. The fourth-order valence-corrected chi connectivity index (χ4v) is 3.07. The van der Waals surface area contributed by atoms with Crippen molar-refractivity contribution in [2.45, 2.75) is 6.92 Å². The van der Waals surface area contributed by atoms with Crippen LogP contribution in [0.25, 0.3) is 22.2 Å². The molecule has 0 aliphatic rings. The lowest BCUT2D eigenvalue weighted by Gasteiger charge is -2.09. The zero-order chi connectivity index (χ0) is 19.0. The normalized spacial score (nSPS) is 10.9. The van der Waals surface area contributed by atoms with E-state index in [4.69, 9.17) is 10.5 Å². The van der Waals surface area contributed by atoms with Crippen LogP contribution in [-0.2, 0) is 7.05 Å². The van der Waals surface area contributed by atoms with Gasteiger partial charge in [-0.1, -0.05) is 6.07 Å². The maximum Gasteiger partial charge on any atom is 0.248 e. The molecule has 134 valence electrons. The lowest BCUT2D eigenvalue weighted by molar-refractivity contribution is 0.0999. The lowest BCUT2D eigenvalue weighted by Crippen LogP contribution is -2.12. The van der Waals surface area contributed by atoms with Gasteiger partial charge in [0.1, 0.15) is 11.5 Å². The average Bonchev–Trinajstić information content (AvgIpc) is 3.02. The summed E-state index contributed by atoms with van der Waals surface area (Å²) in [6.45, 7) is 1.85. The van der Waals surface area contributed by atoms with E-state index in [9.17, 15) is 4.79 Å². The van der Waals surface area contributed by atoms with Crippen LogP contribution < -0.4 is 10.5 Å². The number of fused-ring (bicyclic) bond motifs is 1. The van der Waals surface area contributed by atoms with Crippen LogP contribution in [0, 0.1) is 6.92 Å². The molecule has 2 heterocycles. The van der Waals surface area contributed by atoms with Crippen molar-refractivity contribution >= 4 is 16.8 Å². The minimum Gasteiger partial charge on any atom is -0.457 e. The Hall–Kier alpha value is -3.67. The van der Waals surface area contributed by atoms with Crippen LogP contribution in [0.2, 0.25) is 0 Å². The predicted octanol–water partition coefficient (Wildman–Crippen LogP) is 3.83. The van der Waals surface area contributed by atoms with Gasteiger partial charge >= 0.3 is 0 Å². The van der Waals surface area contributed by atoms with Gasteiger partial charge in [-0.05, 0) is 48.9 Å². The van der Waals surface area contributed by atoms with E-state index >= 15 is 0 Å². The van der Waals surface area contributed by atoms with Gasteiger partial charge in [0.2, 0.25) is 5.91 Å². The molecule has 0 saturated heterocycles. The van der Waals surface area contributed by atoms with Gasteiger partial charge in [-0.2, -0.15) is 5.10 Å². The Labute approximate surface area is 156 Å². The summed E-state index contributed by atoms with van der Waals surface area (Å²) in [4.78, 5) is 15.8. The summed E-state index contributed by atoms with van der Waals surface area (Å²) in [5.41, 5.74) is 9.40. The van der Waals surface area contributed by atoms with E-state index in [1.54, 1.807) is 12.3 Å². The number of rotatable bonds is 4. The van der Waals surface area contributed by atoms with Crippen LogP contribution in [0.15, 0.2) is 60.9 Å². The third kappa shape index (κ3) is 3.25. The number of nitrogens with zero attached hydrogens (tertiary/aromatic N) is 3. The van der Waals surface area contributed by atoms with E-state index in [-0.39, 0.29) is 0 Å². The summed E-state index contributed by atoms with van der Waals surface area (Å²) in [5.74, 6) is 0.975. The van der Waals surface area contributed by atoms with E-state index in [0.717, 1.165) is 33.5 Å². The molecule has 0 spiro atoms. The maximum absolute atomic E-state index is 11.4. The summed E-state index contributed by atoms with van der Waals surface area (Å²) in [7, 11) is 1.91. The number of aromatic nitrogens is 3. The van der Waals surface area contributed by atoms with E-state index in [2.05, 4.69) is 10.1 Å². The third-order valence-electron chi connectivity index (χ3n) is 4.47. The Balaban J connectivity index is 1.63. The molecule has 0 saturated carbocycles. The average molecular weight is 358 g/mol. The monoisotopic (exact) mass is 358 g/mol. The quantitative estimate of drug-likeness (QED) is 0.601. The molecule has 27 heavy (non-hydrogen) atoms. The highest BCUT2D eigenvalue weighted by atomic mass is 16.5. The fraction of sp³-hybridized carbons (Fsp3) is 0.0952. The Morgan fingerprint density at radius 3 is 2.67 bits per heavy atom. The smallest absolute Gasteiger partial charge is 0.248 e. The number of aryl methyl sites for hydroxylation is 2. The fourth-order valence-electron chi connectivity index (χ4n) is 3.07. The van der Waals surface area contributed by atoms with Crippen LogP contribution in [0.4, 0.5) is 0 Å². The number of carbonyl (C=O) groups is 1. The van der Waals surface area contributed by atoms with Crippen LogP contribution in [0.1, 0.15) is 15.9 Å². The van der Waals surface area contributed by atoms with Gasteiger partial charge in [0, 0.05) is 35.8 Å². The van der Waals surface area contributed by atoms with E-state index in [0.29, 0.717) is 11.3 Å². The molecule has 0 aliphatic heterocycles. The molecule has 2 aromatic carbocycles. The summed E-state index contributed by atoms with van der Waals surface area (Å²) in [6, 6.07) is 15.0. The Bertz CT molecular complexity index is 1160. The number of ether oxygens (including phenoxy) is 1. The van der Waals surface area contributed by atoms with Gasteiger partial charge in [0.05, 0.1) is 17.4 Å². The van der Waals surface area contributed by atoms with Gasteiger partial charge in [-0.25, -0.2) is 0 Å². The van der Waals surface area contributed by atoms with Gasteiger partial charge < -0.3 is 10.5 Å². The second-order valence-corrected chi connectivity index (χ2v) is 6.36. The molecular formula is C21H18N4O2. The van der Waals surface area contributed by atoms with Crippen LogP contribution >= 0.6 is 0 Å². The number of benzene rings is 2. The number of amides is 1. The van der Waals surface area contributed by atoms with Crippen molar-refractivity contribution in [3.63, 3.8) is 0 Å². The van der Waals surface area contributed by atoms with E-state index in [1.165, 1.54) is 0 Å². The molecule has 6 heteroatoms. The number of primary amides is 1. The van der Waals surface area contributed by atoms with Crippen molar-refractivity contribution in [1.82, 2.24) is 14.8 Å². The highest BCUT2D eigenvalue weighted by Crippen LogP contribution is 2.28. The molecule has 2 N–H and O–H groups in total. The van der Waals surface area contributed by atoms with E-state index in [1.807, 2.05) is 67.3 Å². The molecule has 4 aromatic rings. The van der Waals surface area contributed by atoms with Crippen molar-refractivity contribution in [1.29, 1.82) is 0 Å². The Kier molecular flexibility index (Phi) is 4.08. The van der Waals surface area contributed by atoms with Crippen LogP contribution in [0.3, 0.4) is 0 Å². The number of hydrogen-bond acceptors (Lipinski definition) is 4. The number of carbonyl (C=O) groups excluding carboxylic acids is 1. The SMILES string of the molecule is Cc1cc(-c2cc(Oc3ccc4c(cnn4C)c3)ccn2)ccc1C(N)=O. The topological polar surface area (TPSA) is 83.0 Å². The lowest BCUT2D eigenvalue weighted by atomic mass is 10.0. The van der Waals surface area contributed by atoms with Crippen molar-refractivity contribution in [2.24, 2.45) is 12.8 Å². The van der Waals surface area contributed by atoms with Gasteiger partial charge in [0.25, 0.3) is 0 Å². The Morgan fingerprint density at radius 2 is 1.89 bits per heavy atom. The molecule has 2 aromatic heterocycles. The molecule has 0 fully saturated rings. The zero-order valence-corrected chi connectivity index (χ0v) is 15.0. The standard InChI is InChI=1S/C21H18N4O2/c1-13-9-14(3-5-18(13)21(22)26)19-11-17(7-8-23-19)27-16-4-6-20-15(10-16)12-24-25(20)2/h3-12H,1-2H3,(H2,22,26). The first kappa shape index (κ1) is 16.8. The van der Waals surface area contributed by atoms with E-state index < -0.39 is 5.91 Å². The molecule has 6 nitrogen and oxygen atoms in total. The van der Waals surface area contributed by atoms with Gasteiger partial charge in [-0.3, -0.25) is 14.5 Å². The Morgan fingerprint density at radius 1 is 1.07 bits per heavy atom. The first-order valence-electron chi connectivity index (χ1n) is 8.48. The molecular weight excluding hydrogens is 340 g/mol. The molecule has 0 unspecified atom stereocenters. The maximum atomic E-state index is 11.4. The van der Waals surface area contributed by atoms with Gasteiger partial charge in [-0.15, -0.1) is 0 Å². The second kappa shape index (κ2) is 6.57. The molecule has 1 amide bonds. The van der Waals surface area contributed by atoms with Crippen molar-refractivity contribution < 1.29 is 9.53 Å². The second-order valence-electron chi connectivity index (χ2n) is 6.36. The first-order chi connectivity index (χ1) is 13.0. The molecule has 0 aliphatic carbocycles. The molecule has 0 radical (unpaired) electrons. The highest BCUT2D eigenvalue weighted by molar-refractivity contribution is 5.94. The molecule has 4 rings (SSSR count). The summed E-state index contributed by atoms with van der Waals surface area (Å²) in [5, 5.41) is 5.26. The summed E-state index contributed by atoms with van der Waals surface area (Å²) in [6.07, 6.45) is 3.51. The predicted molar refractivity (Wildman–Crippen MR) is 104 cm³/mol. The van der Waals surface area contributed by atoms with Crippen molar-refractivity contribution in [2.75, 3.05) is 0 Å². The number of nitrogens with two attached hydrogens (primary N) is 1. The minimum absolute atomic E-state index is 0.435. The highest BCUT2D eigenvalue weighted by Gasteiger charge is 2.09. The van der Waals surface area contributed by atoms with Crippen molar-refractivity contribution in [3.05, 3.63) is 72.1 Å². The number of pyridine rings is 1. The summed E-state index contributed by atoms with van der Waals surface area (Å²) < 4.78 is 7.82. The minimum atomic E-state index is -0.435. The first-order valence-corrected chi connectivity index (χ1v) is 8.48.